The predicted octanol–water partition coefficient (Wildman–Crippen LogP) is 3.23. The third kappa shape index (κ3) is 2.80. The number of pyridine rings is 1. The first kappa shape index (κ1) is 13.8. The Hall–Kier alpha value is -2.21. The lowest BCUT2D eigenvalue weighted by molar-refractivity contribution is 0.0994. The third-order valence-corrected chi connectivity index (χ3v) is 4.12. The maximum Gasteiger partial charge on any atom is 0.196 e. The lowest BCUT2D eigenvalue weighted by atomic mass is 10.1. The van der Waals surface area contributed by atoms with Crippen molar-refractivity contribution in [3.63, 3.8) is 0 Å². The van der Waals surface area contributed by atoms with Crippen molar-refractivity contribution in [3.05, 3.63) is 60.0 Å². The number of halogens is 1. The van der Waals surface area contributed by atoms with Gasteiger partial charge in [-0.15, -0.1) is 10.2 Å². The van der Waals surface area contributed by atoms with Crippen molar-refractivity contribution in [2.24, 2.45) is 0 Å². The van der Waals surface area contributed by atoms with Crippen LogP contribution in [0.5, 0.6) is 0 Å². The molecule has 0 spiro atoms. The normalized spacial score (nSPS) is 12.5. The molecular formula is C15H12FN3OS. The minimum absolute atomic E-state index is 0.0623. The first-order valence-corrected chi connectivity index (χ1v) is 7.29. The van der Waals surface area contributed by atoms with Crippen LogP contribution in [-0.4, -0.2) is 25.6 Å². The van der Waals surface area contributed by atoms with Crippen LogP contribution in [0.1, 0.15) is 17.3 Å². The van der Waals surface area contributed by atoms with Gasteiger partial charge in [-0.2, -0.15) is 0 Å². The molecule has 0 bridgehead atoms. The van der Waals surface area contributed by atoms with Crippen LogP contribution in [0.3, 0.4) is 0 Å². The molecule has 1 atom stereocenters. The molecule has 1 aromatic carbocycles. The van der Waals surface area contributed by atoms with Gasteiger partial charge in [-0.05, 0) is 43.3 Å². The Bertz CT molecular complexity index is 785. The zero-order chi connectivity index (χ0) is 14.8. The molecule has 3 rings (SSSR count). The van der Waals surface area contributed by atoms with E-state index < -0.39 is 0 Å². The molecule has 3 aromatic rings. The fourth-order valence-corrected chi connectivity index (χ4v) is 2.88. The summed E-state index contributed by atoms with van der Waals surface area (Å²) in [6, 6.07) is 11.2. The first-order valence-electron chi connectivity index (χ1n) is 6.41. The van der Waals surface area contributed by atoms with E-state index in [-0.39, 0.29) is 16.9 Å². The summed E-state index contributed by atoms with van der Waals surface area (Å²) in [5.41, 5.74) is 1.23. The minimum atomic E-state index is -0.352. The van der Waals surface area contributed by atoms with E-state index in [4.69, 9.17) is 0 Å². The smallest absolute Gasteiger partial charge is 0.196 e. The second-order valence-electron chi connectivity index (χ2n) is 4.54. The Morgan fingerprint density at radius 1 is 1.19 bits per heavy atom. The summed E-state index contributed by atoms with van der Waals surface area (Å²) in [4.78, 5) is 12.3. The number of nitrogens with zero attached hydrogens (tertiary/aromatic N) is 3. The average Bonchev–Trinajstić information content (AvgIpc) is 2.91. The van der Waals surface area contributed by atoms with Crippen molar-refractivity contribution in [1.82, 2.24) is 14.6 Å². The number of ketones is 1. The maximum atomic E-state index is 12.9. The summed E-state index contributed by atoms with van der Waals surface area (Å²) < 4.78 is 14.7. The number of aromatic nitrogens is 3. The lowest BCUT2D eigenvalue weighted by Crippen LogP contribution is -2.14. The molecular weight excluding hydrogens is 289 g/mol. The highest BCUT2D eigenvalue weighted by atomic mass is 32.2. The van der Waals surface area contributed by atoms with Gasteiger partial charge in [-0.3, -0.25) is 9.20 Å². The summed E-state index contributed by atoms with van der Waals surface area (Å²) in [6.45, 7) is 1.81. The van der Waals surface area contributed by atoms with Crippen LogP contribution in [0.2, 0.25) is 0 Å². The van der Waals surface area contributed by atoms with Crippen molar-refractivity contribution in [3.8, 4) is 0 Å². The maximum absolute atomic E-state index is 12.9. The molecule has 6 heteroatoms. The fraction of sp³-hybridized carbons (Fsp3) is 0.133. The van der Waals surface area contributed by atoms with E-state index in [0.717, 1.165) is 5.65 Å². The zero-order valence-corrected chi connectivity index (χ0v) is 12.0. The fourth-order valence-electron chi connectivity index (χ4n) is 1.96. The van der Waals surface area contributed by atoms with Gasteiger partial charge in [-0.1, -0.05) is 17.8 Å². The molecule has 0 saturated heterocycles. The lowest BCUT2D eigenvalue weighted by Gasteiger charge is -2.08. The number of carbonyl (C=O) groups excluding carboxylic acids is 1. The number of carbonyl (C=O) groups is 1. The van der Waals surface area contributed by atoms with E-state index in [0.29, 0.717) is 10.7 Å². The predicted molar refractivity (Wildman–Crippen MR) is 79.0 cm³/mol. The van der Waals surface area contributed by atoms with Crippen molar-refractivity contribution in [1.29, 1.82) is 0 Å². The van der Waals surface area contributed by atoms with Crippen molar-refractivity contribution in [2.75, 3.05) is 0 Å². The number of hydrogen-bond acceptors (Lipinski definition) is 4. The zero-order valence-electron chi connectivity index (χ0n) is 11.2. The van der Waals surface area contributed by atoms with Crippen molar-refractivity contribution in [2.45, 2.75) is 17.3 Å². The molecule has 0 aliphatic rings. The topological polar surface area (TPSA) is 47.3 Å². The Kier molecular flexibility index (Phi) is 3.70. The van der Waals surface area contributed by atoms with Gasteiger partial charge >= 0.3 is 0 Å². The van der Waals surface area contributed by atoms with Crippen LogP contribution in [0.4, 0.5) is 4.39 Å². The van der Waals surface area contributed by atoms with Gasteiger partial charge in [0.25, 0.3) is 0 Å². The van der Waals surface area contributed by atoms with Gasteiger partial charge in [0.05, 0.1) is 5.25 Å². The largest absolute Gasteiger partial charge is 0.293 e. The quantitative estimate of drug-likeness (QED) is 0.548. The number of benzene rings is 1. The molecule has 4 nitrogen and oxygen atoms in total. The number of fused-ring (bicyclic) bond motifs is 1. The van der Waals surface area contributed by atoms with Crippen LogP contribution in [-0.2, 0) is 0 Å². The molecule has 0 fully saturated rings. The molecule has 21 heavy (non-hydrogen) atoms. The van der Waals surface area contributed by atoms with E-state index in [1.54, 1.807) is 6.92 Å². The van der Waals surface area contributed by atoms with Crippen LogP contribution < -0.4 is 0 Å². The van der Waals surface area contributed by atoms with E-state index in [1.807, 2.05) is 28.8 Å². The monoisotopic (exact) mass is 301 g/mol. The van der Waals surface area contributed by atoms with Gasteiger partial charge in [0.2, 0.25) is 0 Å². The summed E-state index contributed by atoms with van der Waals surface area (Å²) in [6.07, 6.45) is 1.85. The molecule has 2 heterocycles. The molecule has 0 radical (unpaired) electrons. The Labute approximate surface area is 125 Å². The van der Waals surface area contributed by atoms with Crippen LogP contribution in [0.25, 0.3) is 5.65 Å². The Morgan fingerprint density at radius 3 is 2.71 bits per heavy atom. The van der Waals surface area contributed by atoms with E-state index in [9.17, 15) is 9.18 Å². The highest BCUT2D eigenvalue weighted by molar-refractivity contribution is 8.00. The molecule has 0 aliphatic carbocycles. The van der Waals surface area contributed by atoms with E-state index in [2.05, 4.69) is 10.2 Å². The first-order chi connectivity index (χ1) is 10.1. The molecule has 0 aliphatic heterocycles. The molecule has 106 valence electrons. The Balaban J connectivity index is 1.81. The van der Waals surface area contributed by atoms with Crippen molar-refractivity contribution < 1.29 is 9.18 Å². The molecule has 0 N–H and O–H groups in total. The number of Topliss-reactive ketones (excluding diaryl/α,β-unsaturated/α-hetero) is 1. The number of thioether (sulfide) groups is 1. The van der Waals surface area contributed by atoms with E-state index >= 15 is 0 Å². The van der Waals surface area contributed by atoms with Crippen LogP contribution in [0, 0.1) is 5.82 Å². The number of hydrogen-bond donors (Lipinski definition) is 0. The molecule has 0 saturated carbocycles. The number of rotatable bonds is 4. The van der Waals surface area contributed by atoms with Crippen molar-refractivity contribution >= 4 is 23.2 Å². The summed E-state index contributed by atoms with van der Waals surface area (Å²) in [5.74, 6) is -0.414. The highest BCUT2D eigenvalue weighted by Crippen LogP contribution is 2.24. The standard InChI is InChI=1S/C15H12FN3OS/c1-10(14(20)11-5-7-12(16)8-6-11)21-15-18-17-13-4-2-3-9-19(13)15/h2-10H,1H3/t10-/m0/s1. The van der Waals surface area contributed by atoms with Gasteiger partial charge in [0.15, 0.2) is 16.6 Å². The minimum Gasteiger partial charge on any atom is -0.293 e. The molecule has 2 aromatic heterocycles. The van der Waals surface area contributed by atoms with Gasteiger partial charge in [-0.25, -0.2) is 4.39 Å². The van der Waals surface area contributed by atoms with Gasteiger partial charge in [0, 0.05) is 11.8 Å². The Morgan fingerprint density at radius 2 is 1.95 bits per heavy atom. The van der Waals surface area contributed by atoms with Crippen LogP contribution >= 0.6 is 11.8 Å². The third-order valence-electron chi connectivity index (χ3n) is 3.06. The summed E-state index contributed by atoms with van der Waals surface area (Å²) in [5, 5.41) is 8.47. The average molecular weight is 301 g/mol. The van der Waals surface area contributed by atoms with Crippen LogP contribution in [0.15, 0.2) is 53.8 Å². The molecule has 0 unspecified atom stereocenters. The van der Waals surface area contributed by atoms with Gasteiger partial charge in [0.1, 0.15) is 5.82 Å². The molecule has 0 amide bonds. The second kappa shape index (κ2) is 5.65. The second-order valence-corrected chi connectivity index (χ2v) is 5.85. The highest BCUT2D eigenvalue weighted by Gasteiger charge is 2.19. The summed E-state index contributed by atoms with van der Waals surface area (Å²) in [7, 11) is 0. The SMILES string of the molecule is C[C@H](Sc1nnc2ccccn12)C(=O)c1ccc(F)cc1. The van der Waals surface area contributed by atoms with E-state index in [1.165, 1.54) is 36.0 Å². The van der Waals surface area contributed by atoms with Gasteiger partial charge < -0.3 is 0 Å². The summed E-state index contributed by atoms with van der Waals surface area (Å²) >= 11 is 1.33.